The zero-order valence-electron chi connectivity index (χ0n) is 13.4. The lowest BCUT2D eigenvalue weighted by Crippen LogP contribution is -1.95. The summed E-state index contributed by atoms with van der Waals surface area (Å²) in [5.74, 6) is 0.759. The van der Waals surface area contributed by atoms with Crippen LogP contribution < -0.4 is 5.32 Å². The minimum Gasteiger partial charge on any atom is -0.343 e. The van der Waals surface area contributed by atoms with E-state index in [1.807, 2.05) is 63.0 Å². The molecule has 0 radical (unpaired) electrons. The normalized spacial score (nSPS) is 11.1. The zero-order valence-corrected chi connectivity index (χ0v) is 14.1. The van der Waals surface area contributed by atoms with Gasteiger partial charge in [0.25, 0.3) is 0 Å². The van der Waals surface area contributed by atoms with E-state index in [9.17, 15) is 0 Å². The number of rotatable bonds is 3. The van der Waals surface area contributed by atoms with E-state index >= 15 is 0 Å². The number of anilines is 2. The molecule has 1 N–H and O–H groups in total. The minimum atomic E-state index is 0.669. The Labute approximate surface area is 144 Å². The van der Waals surface area contributed by atoms with Crippen LogP contribution in [0, 0.1) is 0 Å². The number of hydrogen-bond donors (Lipinski definition) is 1. The summed E-state index contributed by atoms with van der Waals surface area (Å²) < 4.78 is 3.95. The molecule has 0 aliphatic carbocycles. The standard InChI is InChI=1S/C18H16ClN5/c1-23-11-13(10-21-23)16-7-12-9-20-18(8-17(12)24(16)2)22-15-6-4-3-5-14(15)19/h3-11H,1-2H3,(H,20,22). The number of aromatic nitrogens is 4. The number of halogens is 1. The predicted molar refractivity (Wildman–Crippen MR) is 97.7 cm³/mol. The Morgan fingerprint density at radius 3 is 2.67 bits per heavy atom. The topological polar surface area (TPSA) is 47.7 Å². The first kappa shape index (κ1) is 14.8. The molecule has 0 atom stereocenters. The second-order valence-corrected chi connectivity index (χ2v) is 6.13. The monoisotopic (exact) mass is 337 g/mol. The van der Waals surface area contributed by atoms with Gasteiger partial charge in [-0.05, 0) is 18.2 Å². The third-order valence-corrected chi connectivity index (χ3v) is 4.39. The van der Waals surface area contributed by atoms with Crippen molar-refractivity contribution >= 4 is 34.0 Å². The van der Waals surface area contributed by atoms with Crippen molar-refractivity contribution in [1.82, 2.24) is 19.3 Å². The fourth-order valence-corrected chi connectivity index (χ4v) is 3.01. The Morgan fingerprint density at radius 1 is 1.08 bits per heavy atom. The number of nitrogens with zero attached hydrogens (tertiary/aromatic N) is 4. The summed E-state index contributed by atoms with van der Waals surface area (Å²) in [5, 5.41) is 9.27. The molecular formula is C18H16ClN5. The highest BCUT2D eigenvalue weighted by atomic mass is 35.5. The Kier molecular flexibility index (Phi) is 3.50. The molecule has 3 aromatic heterocycles. The van der Waals surface area contributed by atoms with Gasteiger partial charge in [0.2, 0.25) is 0 Å². The van der Waals surface area contributed by atoms with E-state index in [1.165, 1.54) is 0 Å². The number of fused-ring (bicyclic) bond motifs is 1. The van der Waals surface area contributed by atoms with Crippen molar-refractivity contribution in [3.8, 4) is 11.3 Å². The summed E-state index contributed by atoms with van der Waals surface area (Å²) in [6.07, 6.45) is 5.74. The maximum Gasteiger partial charge on any atom is 0.132 e. The van der Waals surface area contributed by atoms with Crippen molar-refractivity contribution in [2.45, 2.75) is 0 Å². The van der Waals surface area contributed by atoms with Crippen molar-refractivity contribution in [2.24, 2.45) is 14.1 Å². The van der Waals surface area contributed by atoms with Gasteiger partial charge in [-0.2, -0.15) is 5.10 Å². The van der Waals surface area contributed by atoms with Crippen LogP contribution in [0.2, 0.25) is 5.02 Å². The molecule has 120 valence electrons. The van der Waals surface area contributed by atoms with Crippen molar-refractivity contribution in [3.63, 3.8) is 0 Å². The fourth-order valence-electron chi connectivity index (χ4n) is 2.83. The number of pyridine rings is 1. The van der Waals surface area contributed by atoms with Gasteiger partial charge in [0.05, 0.1) is 28.1 Å². The van der Waals surface area contributed by atoms with Gasteiger partial charge in [0, 0.05) is 43.5 Å². The van der Waals surface area contributed by atoms with Crippen molar-refractivity contribution < 1.29 is 0 Å². The van der Waals surface area contributed by atoms with E-state index in [2.05, 4.69) is 26.0 Å². The molecule has 0 fully saturated rings. The lowest BCUT2D eigenvalue weighted by molar-refractivity contribution is 0.768. The molecule has 24 heavy (non-hydrogen) atoms. The highest BCUT2D eigenvalue weighted by Gasteiger charge is 2.11. The zero-order chi connectivity index (χ0) is 16.7. The lowest BCUT2D eigenvalue weighted by Gasteiger charge is -2.08. The molecule has 5 nitrogen and oxygen atoms in total. The van der Waals surface area contributed by atoms with Gasteiger partial charge in [-0.25, -0.2) is 4.98 Å². The van der Waals surface area contributed by atoms with Gasteiger partial charge < -0.3 is 9.88 Å². The Balaban J connectivity index is 1.76. The largest absolute Gasteiger partial charge is 0.343 e. The quantitative estimate of drug-likeness (QED) is 0.604. The first-order valence-electron chi connectivity index (χ1n) is 7.58. The van der Waals surface area contributed by atoms with Gasteiger partial charge in [0.15, 0.2) is 0 Å². The number of hydrogen-bond acceptors (Lipinski definition) is 3. The molecule has 0 spiro atoms. The second-order valence-electron chi connectivity index (χ2n) is 5.72. The van der Waals surface area contributed by atoms with Crippen LogP contribution in [-0.2, 0) is 14.1 Å². The Hall–Kier alpha value is -2.79. The molecule has 4 aromatic rings. The van der Waals surface area contributed by atoms with E-state index in [-0.39, 0.29) is 0 Å². The van der Waals surface area contributed by atoms with Crippen LogP contribution in [0.4, 0.5) is 11.5 Å². The summed E-state index contributed by atoms with van der Waals surface area (Å²) in [7, 11) is 3.96. The van der Waals surface area contributed by atoms with Crippen LogP contribution in [0.1, 0.15) is 0 Å². The molecule has 6 heteroatoms. The van der Waals surface area contributed by atoms with Crippen LogP contribution in [0.3, 0.4) is 0 Å². The van der Waals surface area contributed by atoms with Crippen LogP contribution in [0.25, 0.3) is 22.2 Å². The SMILES string of the molecule is Cn1cc(-c2cc3cnc(Nc4ccccc4Cl)cc3n2C)cn1. The van der Waals surface area contributed by atoms with E-state index < -0.39 is 0 Å². The summed E-state index contributed by atoms with van der Waals surface area (Å²) in [6, 6.07) is 11.8. The van der Waals surface area contributed by atoms with Crippen LogP contribution in [0.15, 0.2) is 55.0 Å². The van der Waals surface area contributed by atoms with Gasteiger partial charge in [0.1, 0.15) is 5.82 Å². The maximum absolute atomic E-state index is 6.21. The van der Waals surface area contributed by atoms with Gasteiger partial charge in [-0.15, -0.1) is 0 Å². The fraction of sp³-hybridized carbons (Fsp3) is 0.111. The number of benzene rings is 1. The van der Waals surface area contributed by atoms with Crippen LogP contribution >= 0.6 is 11.6 Å². The molecule has 0 aliphatic rings. The summed E-state index contributed by atoms with van der Waals surface area (Å²) in [4.78, 5) is 4.49. The molecule has 0 saturated heterocycles. The van der Waals surface area contributed by atoms with Gasteiger partial charge in [-0.1, -0.05) is 23.7 Å². The van der Waals surface area contributed by atoms with Gasteiger partial charge >= 0.3 is 0 Å². The third-order valence-electron chi connectivity index (χ3n) is 4.06. The maximum atomic E-state index is 6.21. The Morgan fingerprint density at radius 2 is 1.92 bits per heavy atom. The molecule has 0 amide bonds. The molecule has 1 aromatic carbocycles. The highest BCUT2D eigenvalue weighted by Crippen LogP contribution is 2.29. The molecule has 0 unspecified atom stereocenters. The predicted octanol–water partition coefficient (Wildman–Crippen LogP) is 4.37. The lowest BCUT2D eigenvalue weighted by atomic mass is 10.2. The van der Waals surface area contributed by atoms with Crippen molar-refractivity contribution in [1.29, 1.82) is 0 Å². The van der Waals surface area contributed by atoms with E-state index in [0.29, 0.717) is 5.02 Å². The number of aryl methyl sites for hydroxylation is 2. The first-order chi connectivity index (χ1) is 11.6. The average Bonchev–Trinajstić information content (AvgIpc) is 3.14. The molecule has 3 heterocycles. The van der Waals surface area contributed by atoms with E-state index in [1.54, 1.807) is 4.68 Å². The molecule has 0 saturated carbocycles. The average molecular weight is 338 g/mol. The second kappa shape index (κ2) is 5.69. The summed E-state index contributed by atoms with van der Waals surface area (Å²) in [6.45, 7) is 0. The smallest absolute Gasteiger partial charge is 0.132 e. The van der Waals surface area contributed by atoms with Crippen LogP contribution in [0.5, 0.6) is 0 Å². The summed E-state index contributed by atoms with van der Waals surface area (Å²) in [5.41, 5.74) is 4.12. The summed E-state index contributed by atoms with van der Waals surface area (Å²) >= 11 is 6.21. The number of nitrogens with one attached hydrogen (secondary N) is 1. The molecule has 0 bridgehead atoms. The molecule has 4 rings (SSSR count). The number of para-hydroxylation sites is 1. The van der Waals surface area contributed by atoms with E-state index in [0.717, 1.165) is 33.7 Å². The molecule has 0 aliphatic heterocycles. The minimum absolute atomic E-state index is 0.669. The third kappa shape index (κ3) is 2.53. The van der Waals surface area contributed by atoms with Gasteiger partial charge in [-0.3, -0.25) is 4.68 Å². The highest BCUT2D eigenvalue weighted by molar-refractivity contribution is 6.33. The van der Waals surface area contributed by atoms with Crippen molar-refractivity contribution in [2.75, 3.05) is 5.32 Å². The Bertz CT molecular complexity index is 1030. The first-order valence-corrected chi connectivity index (χ1v) is 7.95. The molecular weight excluding hydrogens is 322 g/mol. The van der Waals surface area contributed by atoms with Crippen molar-refractivity contribution in [3.05, 3.63) is 60.0 Å². The van der Waals surface area contributed by atoms with Crippen LogP contribution in [-0.4, -0.2) is 19.3 Å². The van der Waals surface area contributed by atoms with E-state index in [4.69, 9.17) is 11.6 Å².